The molecule has 0 spiro atoms. The van der Waals surface area contributed by atoms with Crippen molar-refractivity contribution in [1.82, 2.24) is 10.2 Å². The maximum Gasteiger partial charge on any atom is 0.265 e. The summed E-state index contributed by atoms with van der Waals surface area (Å²) in [6.07, 6.45) is 5.32. The Kier molecular flexibility index (Phi) is 8.12. The summed E-state index contributed by atoms with van der Waals surface area (Å²) in [5.74, 6) is 0.445. The second kappa shape index (κ2) is 11.2. The minimum absolute atomic E-state index is 0.00401. The molecule has 33 heavy (non-hydrogen) atoms. The van der Waals surface area contributed by atoms with Crippen LogP contribution in [-0.4, -0.2) is 49.4 Å². The molecule has 2 aromatic rings. The summed E-state index contributed by atoms with van der Waals surface area (Å²) in [5, 5.41) is 3.62. The number of likely N-dealkylation sites (tertiary alicyclic amines) is 1. The van der Waals surface area contributed by atoms with E-state index in [1.807, 2.05) is 48.5 Å². The topological polar surface area (TPSA) is 52.7 Å². The molecule has 5 nitrogen and oxygen atoms in total. The molecule has 2 aromatic carbocycles. The first kappa shape index (κ1) is 23.9. The normalized spacial score (nSPS) is 20.1. The van der Waals surface area contributed by atoms with Crippen LogP contribution in [0.15, 0.2) is 58.3 Å². The fourth-order valence-electron chi connectivity index (χ4n) is 4.39. The van der Waals surface area contributed by atoms with Gasteiger partial charge in [0.05, 0.1) is 10.6 Å². The van der Waals surface area contributed by atoms with E-state index in [0.717, 1.165) is 48.1 Å². The van der Waals surface area contributed by atoms with Crippen LogP contribution in [0.3, 0.4) is 0 Å². The zero-order valence-corrected chi connectivity index (χ0v) is 20.5. The van der Waals surface area contributed by atoms with Crippen LogP contribution in [-0.2, 0) is 9.59 Å². The van der Waals surface area contributed by atoms with E-state index in [0.29, 0.717) is 16.5 Å². The van der Waals surface area contributed by atoms with Crippen LogP contribution in [0.5, 0.6) is 0 Å². The van der Waals surface area contributed by atoms with Gasteiger partial charge in [0, 0.05) is 23.0 Å². The van der Waals surface area contributed by atoms with Crippen LogP contribution in [0.1, 0.15) is 31.7 Å². The summed E-state index contributed by atoms with van der Waals surface area (Å²) >= 11 is 7.53. The number of halogens is 1. The molecule has 2 heterocycles. The van der Waals surface area contributed by atoms with Crippen molar-refractivity contribution < 1.29 is 9.59 Å². The van der Waals surface area contributed by atoms with Crippen molar-refractivity contribution in [3.05, 3.63) is 64.0 Å². The summed E-state index contributed by atoms with van der Waals surface area (Å²) in [6.45, 7) is 6.22. The third-order valence-corrected chi connectivity index (χ3v) is 7.31. The number of thioether (sulfide) groups is 1. The molecule has 1 N–H and O–H groups in total. The number of fused-ring (bicyclic) bond motifs is 1. The minimum atomic E-state index is -0.170. The van der Waals surface area contributed by atoms with Gasteiger partial charge in [0.25, 0.3) is 5.91 Å². The van der Waals surface area contributed by atoms with Gasteiger partial charge in [-0.2, -0.15) is 0 Å². The first-order chi connectivity index (χ1) is 16.0. The van der Waals surface area contributed by atoms with Gasteiger partial charge in [0.2, 0.25) is 5.91 Å². The molecule has 1 saturated heterocycles. The zero-order chi connectivity index (χ0) is 23.2. The monoisotopic (exact) mass is 483 g/mol. The van der Waals surface area contributed by atoms with E-state index >= 15 is 0 Å². The summed E-state index contributed by atoms with van der Waals surface area (Å²) in [5.41, 5.74) is 1.63. The Morgan fingerprint density at radius 1 is 1.24 bits per heavy atom. The molecule has 1 atom stereocenters. The quantitative estimate of drug-likeness (QED) is 0.442. The summed E-state index contributed by atoms with van der Waals surface area (Å²) in [4.78, 5) is 31.6. The standard InChI is InChI=1S/C26H30ClN3O2S/c1-19-7-5-13-29(17-19)14-6-12-28-25(31)18-30-22-10-2-3-11-23(22)33-24(26(30)32)16-20-8-4-9-21(27)15-20/h2-4,8-11,15-16,19H,5-7,12-14,17-18H2,1H3,(H,28,31)/b24-16+/t19-/m0/s1. The number of carbonyl (C=O) groups excluding carboxylic acids is 2. The predicted molar refractivity (Wildman–Crippen MR) is 137 cm³/mol. The molecule has 2 aliphatic heterocycles. The van der Waals surface area contributed by atoms with E-state index in [1.54, 1.807) is 11.0 Å². The van der Waals surface area contributed by atoms with Gasteiger partial charge in [0.15, 0.2) is 0 Å². The summed E-state index contributed by atoms with van der Waals surface area (Å²) < 4.78 is 0. The van der Waals surface area contributed by atoms with Crippen LogP contribution >= 0.6 is 23.4 Å². The van der Waals surface area contributed by atoms with E-state index in [9.17, 15) is 9.59 Å². The number of piperidine rings is 1. The molecule has 0 radical (unpaired) electrons. The lowest BCUT2D eigenvalue weighted by Gasteiger charge is -2.31. The van der Waals surface area contributed by atoms with Gasteiger partial charge in [0.1, 0.15) is 6.54 Å². The lowest BCUT2D eigenvalue weighted by Crippen LogP contribution is -2.43. The van der Waals surface area contributed by atoms with E-state index in [2.05, 4.69) is 17.1 Å². The van der Waals surface area contributed by atoms with Gasteiger partial charge in [-0.05, 0) is 74.2 Å². The number of nitrogens with zero attached hydrogens (tertiary/aromatic N) is 2. The Labute approximate surface area is 205 Å². The lowest BCUT2D eigenvalue weighted by atomic mass is 10.0. The maximum atomic E-state index is 13.3. The second-order valence-corrected chi connectivity index (χ2v) is 10.3. The largest absolute Gasteiger partial charge is 0.355 e. The van der Waals surface area contributed by atoms with Gasteiger partial charge < -0.3 is 10.2 Å². The van der Waals surface area contributed by atoms with Gasteiger partial charge in [-0.3, -0.25) is 14.5 Å². The van der Waals surface area contributed by atoms with Gasteiger partial charge in [-0.25, -0.2) is 0 Å². The summed E-state index contributed by atoms with van der Waals surface area (Å²) in [6, 6.07) is 15.1. The average molecular weight is 484 g/mol. The first-order valence-electron chi connectivity index (χ1n) is 11.5. The molecular formula is C26H30ClN3O2S. The molecule has 0 aliphatic carbocycles. The van der Waals surface area contributed by atoms with Crippen LogP contribution in [0.2, 0.25) is 5.02 Å². The molecule has 0 saturated carbocycles. The van der Waals surface area contributed by atoms with Crippen molar-refractivity contribution in [1.29, 1.82) is 0 Å². The number of amides is 2. The van der Waals surface area contributed by atoms with Crippen molar-refractivity contribution in [2.24, 2.45) is 5.92 Å². The Bertz CT molecular complexity index is 1040. The van der Waals surface area contributed by atoms with E-state index in [4.69, 9.17) is 11.6 Å². The van der Waals surface area contributed by atoms with Gasteiger partial charge >= 0.3 is 0 Å². The lowest BCUT2D eigenvalue weighted by molar-refractivity contribution is -0.122. The van der Waals surface area contributed by atoms with Gasteiger partial charge in [-0.15, -0.1) is 0 Å². The molecule has 0 bridgehead atoms. The molecule has 0 unspecified atom stereocenters. The highest BCUT2D eigenvalue weighted by molar-refractivity contribution is 8.04. The van der Waals surface area contributed by atoms with Crippen molar-refractivity contribution in [3.8, 4) is 0 Å². The van der Waals surface area contributed by atoms with Crippen molar-refractivity contribution in [2.45, 2.75) is 31.1 Å². The molecule has 2 amide bonds. The van der Waals surface area contributed by atoms with E-state index < -0.39 is 0 Å². The number of carbonyl (C=O) groups is 2. The maximum absolute atomic E-state index is 13.3. The van der Waals surface area contributed by atoms with Crippen LogP contribution in [0, 0.1) is 5.92 Å². The SMILES string of the molecule is C[C@H]1CCCN(CCCNC(=O)CN2C(=O)/C(=C\c3cccc(Cl)c3)Sc3ccccc32)C1. The number of hydrogen-bond acceptors (Lipinski definition) is 4. The van der Waals surface area contributed by atoms with Crippen molar-refractivity contribution >= 4 is 46.9 Å². The van der Waals surface area contributed by atoms with Gasteiger partial charge in [-0.1, -0.05) is 54.6 Å². The third kappa shape index (κ3) is 6.40. The highest BCUT2D eigenvalue weighted by atomic mass is 35.5. The molecule has 4 rings (SSSR count). The van der Waals surface area contributed by atoms with Crippen LogP contribution < -0.4 is 10.2 Å². The molecule has 2 aliphatic rings. The van der Waals surface area contributed by atoms with E-state index in [-0.39, 0.29) is 18.4 Å². The minimum Gasteiger partial charge on any atom is -0.355 e. The highest BCUT2D eigenvalue weighted by Gasteiger charge is 2.30. The van der Waals surface area contributed by atoms with Crippen LogP contribution in [0.4, 0.5) is 5.69 Å². The number of nitrogens with one attached hydrogen (secondary N) is 1. The molecule has 0 aromatic heterocycles. The Morgan fingerprint density at radius 3 is 2.91 bits per heavy atom. The van der Waals surface area contributed by atoms with Crippen LogP contribution in [0.25, 0.3) is 6.08 Å². The Morgan fingerprint density at radius 2 is 2.09 bits per heavy atom. The fraction of sp³-hybridized carbons (Fsp3) is 0.385. The number of rotatable bonds is 7. The molecule has 7 heteroatoms. The predicted octanol–water partition coefficient (Wildman–Crippen LogP) is 5.06. The Hall–Kier alpha value is -2.28. The summed E-state index contributed by atoms with van der Waals surface area (Å²) in [7, 11) is 0. The van der Waals surface area contributed by atoms with E-state index in [1.165, 1.54) is 24.6 Å². The third-order valence-electron chi connectivity index (χ3n) is 5.99. The smallest absolute Gasteiger partial charge is 0.265 e. The number of para-hydroxylation sites is 1. The van der Waals surface area contributed by atoms with Crippen molar-refractivity contribution in [3.63, 3.8) is 0 Å². The molecule has 1 fully saturated rings. The number of anilines is 1. The first-order valence-corrected chi connectivity index (χ1v) is 12.7. The Balaban J connectivity index is 1.39. The fourth-order valence-corrected chi connectivity index (χ4v) is 5.64. The molecule has 174 valence electrons. The molecular weight excluding hydrogens is 454 g/mol. The number of benzene rings is 2. The average Bonchev–Trinajstić information content (AvgIpc) is 2.79. The second-order valence-electron chi connectivity index (χ2n) is 8.78. The zero-order valence-electron chi connectivity index (χ0n) is 18.9. The number of hydrogen-bond donors (Lipinski definition) is 1. The highest BCUT2D eigenvalue weighted by Crippen LogP contribution is 2.42. The van der Waals surface area contributed by atoms with Crippen molar-refractivity contribution in [2.75, 3.05) is 37.6 Å².